The monoisotopic (exact) mass is 271 g/mol. The van der Waals surface area contributed by atoms with Gasteiger partial charge in [0.15, 0.2) is 5.82 Å². The summed E-state index contributed by atoms with van der Waals surface area (Å²) in [6.45, 7) is 1.02. The first-order valence-corrected chi connectivity index (χ1v) is 5.66. The third-order valence-corrected chi connectivity index (χ3v) is 2.58. The van der Waals surface area contributed by atoms with Gasteiger partial charge in [-0.3, -0.25) is 0 Å². The summed E-state index contributed by atoms with van der Waals surface area (Å²) in [5, 5.41) is 11.1. The molecule has 0 radical (unpaired) electrons. The van der Waals surface area contributed by atoms with Gasteiger partial charge >= 0.3 is 6.18 Å². The lowest BCUT2D eigenvalue weighted by Gasteiger charge is -2.07. The van der Waals surface area contributed by atoms with Crippen LogP contribution in [0.15, 0.2) is 24.3 Å². The van der Waals surface area contributed by atoms with Crippen LogP contribution in [-0.2, 0) is 12.7 Å². The molecule has 0 spiro atoms. The molecule has 0 atom stereocenters. The van der Waals surface area contributed by atoms with E-state index in [2.05, 4.69) is 15.5 Å². The normalized spacial score (nSPS) is 11.8. The van der Waals surface area contributed by atoms with Gasteiger partial charge in [-0.15, -0.1) is 5.10 Å². The third-order valence-electron chi connectivity index (χ3n) is 2.58. The summed E-state index contributed by atoms with van der Waals surface area (Å²) in [4.78, 5) is 0. The highest BCUT2D eigenvalue weighted by Crippen LogP contribution is 2.30. The van der Waals surface area contributed by atoms with E-state index < -0.39 is 11.7 Å². The van der Waals surface area contributed by atoms with E-state index in [4.69, 9.17) is 5.73 Å². The molecule has 0 aliphatic heterocycles. The van der Waals surface area contributed by atoms with Crippen molar-refractivity contribution >= 4 is 0 Å². The van der Waals surface area contributed by atoms with E-state index in [9.17, 15) is 13.2 Å². The van der Waals surface area contributed by atoms with Crippen LogP contribution in [0.25, 0.3) is 11.4 Å². The van der Waals surface area contributed by atoms with Gasteiger partial charge in [0.05, 0.1) is 5.56 Å². The number of aryl methyl sites for hydroxylation is 1. The molecule has 2 N–H and O–H groups in total. The number of halogens is 3. The second kappa shape index (κ2) is 5.35. The van der Waals surface area contributed by atoms with Crippen molar-refractivity contribution in [2.75, 3.05) is 6.54 Å². The van der Waals surface area contributed by atoms with E-state index in [0.717, 1.165) is 12.1 Å². The van der Waals surface area contributed by atoms with E-state index in [-0.39, 0.29) is 0 Å². The molecule has 1 aromatic heterocycles. The summed E-state index contributed by atoms with van der Waals surface area (Å²) in [7, 11) is 0. The minimum absolute atomic E-state index is 0.433. The Morgan fingerprint density at radius 2 is 1.84 bits per heavy atom. The summed E-state index contributed by atoms with van der Waals surface area (Å²) < 4.78 is 38.9. The topological polar surface area (TPSA) is 69.6 Å². The Morgan fingerprint density at radius 1 is 1.16 bits per heavy atom. The summed E-state index contributed by atoms with van der Waals surface area (Å²) in [6.07, 6.45) is -3.65. The summed E-state index contributed by atoms with van der Waals surface area (Å²) in [6, 6.07) is 4.73. The molecule has 0 aliphatic carbocycles. The zero-order chi connectivity index (χ0) is 13.9. The molecular formula is C11H12F3N5. The number of alkyl halides is 3. The molecule has 0 fully saturated rings. The maximum Gasteiger partial charge on any atom is 0.416 e. The van der Waals surface area contributed by atoms with Crippen LogP contribution in [0.1, 0.15) is 12.0 Å². The van der Waals surface area contributed by atoms with Gasteiger partial charge in [-0.1, -0.05) is 12.1 Å². The van der Waals surface area contributed by atoms with E-state index in [1.54, 1.807) is 0 Å². The smallest absolute Gasteiger partial charge is 0.330 e. The van der Waals surface area contributed by atoms with Crippen LogP contribution in [0, 0.1) is 0 Å². The molecule has 0 unspecified atom stereocenters. The van der Waals surface area contributed by atoms with Crippen molar-refractivity contribution in [2.24, 2.45) is 5.73 Å². The Bertz CT molecular complexity index is 532. The highest BCUT2D eigenvalue weighted by molar-refractivity contribution is 5.55. The van der Waals surface area contributed by atoms with Gasteiger partial charge in [0.25, 0.3) is 0 Å². The van der Waals surface area contributed by atoms with Gasteiger partial charge in [-0.2, -0.15) is 13.2 Å². The molecule has 0 aliphatic rings. The fraction of sp³-hybridized carbons (Fsp3) is 0.364. The maximum absolute atomic E-state index is 12.4. The van der Waals surface area contributed by atoms with E-state index in [1.165, 1.54) is 16.8 Å². The maximum atomic E-state index is 12.4. The zero-order valence-corrected chi connectivity index (χ0v) is 9.93. The standard InChI is InChI=1S/C11H12F3N5/c12-11(13,14)9-4-2-8(3-5-9)10-16-17-18-19(10)7-1-6-15/h2-5H,1,6-7,15H2. The third kappa shape index (κ3) is 3.08. The Labute approximate surface area is 107 Å². The Kier molecular flexibility index (Phi) is 3.79. The van der Waals surface area contributed by atoms with Gasteiger partial charge in [-0.25, -0.2) is 4.68 Å². The van der Waals surface area contributed by atoms with Crippen LogP contribution >= 0.6 is 0 Å². The highest BCUT2D eigenvalue weighted by Gasteiger charge is 2.30. The number of aromatic nitrogens is 4. The molecule has 1 heterocycles. The van der Waals surface area contributed by atoms with Gasteiger partial charge in [0, 0.05) is 12.1 Å². The largest absolute Gasteiger partial charge is 0.416 e. The first-order chi connectivity index (χ1) is 9.02. The fourth-order valence-electron chi connectivity index (χ4n) is 1.61. The van der Waals surface area contributed by atoms with E-state index in [1.807, 2.05) is 0 Å². The summed E-state index contributed by atoms with van der Waals surface area (Å²) in [5.41, 5.74) is 5.23. The fourth-order valence-corrected chi connectivity index (χ4v) is 1.61. The SMILES string of the molecule is NCCCn1nnnc1-c1ccc(C(F)(F)F)cc1. The molecule has 2 rings (SSSR count). The van der Waals surface area contributed by atoms with Gasteiger partial charge in [0.2, 0.25) is 0 Å². The van der Waals surface area contributed by atoms with Gasteiger partial charge < -0.3 is 5.73 Å². The average molecular weight is 271 g/mol. The highest BCUT2D eigenvalue weighted by atomic mass is 19.4. The molecule has 102 valence electrons. The van der Waals surface area contributed by atoms with Crippen LogP contribution < -0.4 is 5.73 Å². The van der Waals surface area contributed by atoms with Gasteiger partial charge in [-0.05, 0) is 35.5 Å². The molecule has 1 aromatic carbocycles. The van der Waals surface area contributed by atoms with Crippen molar-refractivity contribution in [3.63, 3.8) is 0 Å². The first kappa shape index (κ1) is 13.5. The molecule has 2 aromatic rings. The lowest BCUT2D eigenvalue weighted by Crippen LogP contribution is -2.09. The van der Waals surface area contributed by atoms with Crippen molar-refractivity contribution in [3.8, 4) is 11.4 Å². The molecule has 0 saturated heterocycles. The lowest BCUT2D eigenvalue weighted by atomic mass is 10.1. The molecule has 5 nitrogen and oxygen atoms in total. The number of rotatable bonds is 4. The van der Waals surface area contributed by atoms with Gasteiger partial charge in [0.1, 0.15) is 0 Å². The molecule has 0 amide bonds. The number of tetrazole rings is 1. The molecule has 0 bridgehead atoms. The van der Waals surface area contributed by atoms with Crippen molar-refractivity contribution in [2.45, 2.75) is 19.1 Å². The first-order valence-electron chi connectivity index (χ1n) is 5.66. The molecular weight excluding hydrogens is 259 g/mol. The van der Waals surface area contributed by atoms with Crippen LogP contribution in [0.3, 0.4) is 0 Å². The molecule has 8 heteroatoms. The number of hydrogen-bond acceptors (Lipinski definition) is 4. The van der Waals surface area contributed by atoms with Crippen molar-refractivity contribution in [1.29, 1.82) is 0 Å². The lowest BCUT2D eigenvalue weighted by molar-refractivity contribution is -0.137. The van der Waals surface area contributed by atoms with Crippen molar-refractivity contribution in [3.05, 3.63) is 29.8 Å². The van der Waals surface area contributed by atoms with Crippen LogP contribution in [0.2, 0.25) is 0 Å². The van der Waals surface area contributed by atoms with Crippen LogP contribution in [0.4, 0.5) is 13.2 Å². The summed E-state index contributed by atoms with van der Waals surface area (Å²) in [5.74, 6) is 0.433. The van der Waals surface area contributed by atoms with E-state index >= 15 is 0 Å². The minimum atomic E-state index is -4.34. The van der Waals surface area contributed by atoms with Crippen molar-refractivity contribution < 1.29 is 13.2 Å². The second-order valence-corrected chi connectivity index (χ2v) is 3.94. The Hall–Kier alpha value is -1.96. The number of nitrogens with two attached hydrogens (primary N) is 1. The predicted octanol–water partition coefficient (Wildman–Crippen LogP) is 1.71. The Morgan fingerprint density at radius 3 is 2.42 bits per heavy atom. The quantitative estimate of drug-likeness (QED) is 0.919. The molecule has 19 heavy (non-hydrogen) atoms. The number of benzene rings is 1. The minimum Gasteiger partial charge on any atom is -0.330 e. The number of nitrogens with zero attached hydrogens (tertiary/aromatic N) is 4. The Balaban J connectivity index is 2.25. The zero-order valence-electron chi connectivity index (χ0n) is 9.93. The second-order valence-electron chi connectivity index (χ2n) is 3.94. The number of hydrogen-bond donors (Lipinski definition) is 1. The predicted molar refractivity (Wildman–Crippen MR) is 61.9 cm³/mol. The molecule has 0 saturated carbocycles. The summed E-state index contributed by atoms with van der Waals surface area (Å²) >= 11 is 0. The van der Waals surface area contributed by atoms with Crippen molar-refractivity contribution in [1.82, 2.24) is 20.2 Å². The van der Waals surface area contributed by atoms with E-state index in [0.29, 0.717) is 30.9 Å². The van der Waals surface area contributed by atoms with Crippen LogP contribution in [-0.4, -0.2) is 26.8 Å². The average Bonchev–Trinajstić information content (AvgIpc) is 2.83. The van der Waals surface area contributed by atoms with Crippen LogP contribution in [0.5, 0.6) is 0 Å².